The minimum Gasteiger partial charge on any atom is -0.481 e. The topological polar surface area (TPSA) is 82.5 Å². The molecular weight excluding hydrogens is 494 g/mol. The summed E-state index contributed by atoms with van der Waals surface area (Å²) in [7, 11) is 4.14. The maximum Gasteiger partial charge on any atom is 0.308 e. The molecule has 2 aliphatic heterocycles. The van der Waals surface area contributed by atoms with E-state index in [1.807, 2.05) is 36.1 Å². The highest BCUT2D eigenvalue weighted by Crippen LogP contribution is 2.45. The number of unbranched alkanes of at least 4 members (excludes halogenated alkanes) is 2. The molecule has 1 N–H and O–H groups in total. The number of amides is 1. The summed E-state index contributed by atoms with van der Waals surface area (Å²) in [6, 6.07) is 5.46. The molecule has 1 fully saturated rings. The molecule has 1 aromatic carbocycles. The Labute approximate surface area is 234 Å². The number of allylic oxidation sites excluding steroid dienone is 2. The van der Waals surface area contributed by atoms with Crippen LogP contribution in [0.2, 0.25) is 0 Å². The summed E-state index contributed by atoms with van der Waals surface area (Å²) in [4.78, 5) is 32.8. The van der Waals surface area contributed by atoms with Gasteiger partial charge >= 0.3 is 5.97 Å². The lowest BCUT2D eigenvalue weighted by Crippen LogP contribution is -2.46. The van der Waals surface area contributed by atoms with Crippen LogP contribution in [0.25, 0.3) is 0 Å². The van der Waals surface area contributed by atoms with E-state index in [0.29, 0.717) is 24.5 Å². The number of fused-ring (bicyclic) bond motifs is 1. The van der Waals surface area contributed by atoms with E-state index in [9.17, 15) is 14.7 Å². The van der Waals surface area contributed by atoms with Crippen LogP contribution >= 0.6 is 0 Å². The van der Waals surface area contributed by atoms with Crippen molar-refractivity contribution in [3.8, 4) is 11.5 Å². The van der Waals surface area contributed by atoms with Gasteiger partial charge in [0.15, 0.2) is 11.5 Å². The third-order valence-electron chi connectivity index (χ3n) is 7.97. The van der Waals surface area contributed by atoms with Crippen LogP contribution in [0, 0.1) is 11.3 Å². The molecule has 8 heteroatoms. The molecule has 0 aromatic heterocycles. The Morgan fingerprint density at radius 2 is 1.79 bits per heavy atom. The Bertz CT molecular complexity index is 992. The van der Waals surface area contributed by atoms with Crippen molar-refractivity contribution in [2.24, 2.45) is 11.3 Å². The summed E-state index contributed by atoms with van der Waals surface area (Å²) in [5, 5.41) is 10.5. The van der Waals surface area contributed by atoms with Crippen molar-refractivity contribution < 1.29 is 24.2 Å². The number of carboxylic acid groups (broad SMARTS) is 1. The highest BCUT2D eigenvalue weighted by atomic mass is 16.7. The van der Waals surface area contributed by atoms with Crippen molar-refractivity contribution in [3.63, 3.8) is 0 Å². The Morgan fingerprint density at radius 3 is 2.46 bits per heavy atom. The van der Waals surface area contributed by atoms with Crippen LogP contribution in [0.15, 0.2) is 30.4 Å². The van der Waals surface area contributed by atoms with E-state index < -0.39 is 11.9 Å². The number of likely N-dealkylation sites (tertiary alicyclic amines) is 1. The fourth-order valence-corrected chi connectivity index (χ4v) is 6.00. The van der Waals surface area contributed by atoms with Crippen LogP contribution in [0.4, 0.5) is 0 Å². The molecule has 3 atom stereocenters. The van der Waals surface area contributed by atoms with E-state index in [2.05, 4.69) is 50.7 Å². The molecule has 218 valence electrons. The fourth-order valence-electron chi connectivity index (χ4n) is 6.00. The largest absolute Gasteiger partial charge is 0.481 e. The van der Waals surface area contributed by atoms with Gasteiger partial charge < -0.3 is 24.4 Å². The molecular formula is C31H49N3O5. The minimum atomic E-state index is -0.819. The van der Waals surface area contributed by atoms with Crippen molar-refractivity contribution >= 4 is 11.9 Å². The first-order chi connectivity index (χ1) is 18.6. The second kappa shape index (κ2) is 14.2. The quantitative estimate of drug-likeness (QED) is 0.250. The Hall–Kier alpha value is -2.58. The number of carboxylic acids is 1. The molecule has 0 unspecified atom stereocenters. The van der Waals surface area contributed by atoms with Gasteiger partial charge in [0.2, 0.25) is 12.7 Å². The van der Waals surface area contributed by atoms with Gasteiger partial charge in [-0.05, 0) is 76.4 Å². The number of benzene rings is 1. The summed E-state index contributed by atoms with van der Waals surface area (Å²) in [6.07, 6.45) is 8.81. The zero-order chi connectivity index (χ0) is 28.6. The van der Waals surface area contributed by atoms with E-state index in [1.54, 1.807) is 0 Å². The van der Waals surface area contributed by atoms with Crippen LogP contribution < -0.4 is 9.47 Å². The van der Waals surface area contributed by atoms with Crippen LogP contribution in [0.1, 0.15) is 71.3 Å². The second-order valence-corrected chi connectivity index (χ2v) is 12.0. The van der Waals surface area contributed by atoms with Gasteiger partial charge in [-0.1, -0.05) is 45.4 Å². The third-order valence-corrected chi connectivity index (χ3v) is 7.97. The number of carbonyl (C=O) groups excluding carboxylic acids is 1. The molecule has 0 saturated carbocycles. The Balaban J connectivity index is 1.86. The van der Waals surface area contributed by atoms with Crippen molar-refractivity contribution in [1.29, 1.82) is 0 Å². The number of aliphatic carboxylic acids is 1. The lowest BCUT2D eigenvalue weighted by Gasteiger charge is -2.34. The molecule has 8 nitrogen and oxygen atoms in total. The monoisotopic (exact) mass is 543 g/mol. The van der Waals surface area contributed by atoms with Gasteiger partial charge in [0.25, 0.3) is 0 Å². The normalized spacial score (nSPS) is 21.3. The number of rotatable bonds is 15. The average Bonchev–Trinajstić information content (AvgIpc) is 3.47. The number of carbonyl (C=O) groups is 2. The molecule has 0 aliphatic carbocycles. The molecule has 0 radical (unpaired) electrons. The summed E-state index contributed by atoms with van der Waals surface area (Å²) in [5.74, 6) is -0.270. The lowest BCUT2D eigenvalue weighted by molar-refractivity contribution is -0.144. The molecule has 0 spiro atoms. The summed E-state index contributed by atoms with van der Waals surface area (Å²) < 4.78 is 11.1. The number of nitrogens with zero attached hydrogens (tertiary/aromatic N) is 3. The molecule has 1 aromatic rings. The Morgan fingerprint density at radius 1 is 1.10 bits per heavy atom. The van der Waals surface area contributed by atoms with E-state index in [4.69, 9.17) is 9.47 Å². The SMILES string of the molecule is C/C=C/C(C)(C)C[C@H]1[C@H](C(=O)O)[C@@H](c2ccc3c(c2)OCO3)CN1CC(=O)N(CCCC)CCCCN(C)C. The highest BCUT2D eigenvalue weighted by molar-refractivity contribution is 5.79. The van der Waals surface area contributed by atoms with Gasteiger partial charge in [0, 0.05) is 31.6 Å². The lowest BCUT2D eigenvalue weighted by atomic mass is 9.77. The number of hydrogen-bond donors (Lipinski definition) is 1. The molecule has 0 bridgehead atoms. The maximum atomic E-state index is 13.7. The van der Waals surface area contributed by atoms with E-state index in [0.717, 1.165) is 50.9 Å². The standard InChI is InChI=1S/C31H49N3O5/c1-7-9-16-33(17-11-10-15-32(5)6)28(35)21-34-20-24(23-12-13-26-27(18-23)39-22-38-26)29(30(36)37)25(34)19-31(3,4)14-8-2/h8,12-14,18,24-25,29H,7,9-11,15-17,19-22H2,1-6H3,(H,36,37)/b14-8+/t24-,25+,29-/m1/s1. The molecule has 2 aliphatic rings. The predicted octanol–water partition coefficient (Wildman–Crippen LogP) is 4.85. The van der Waals surface area contributed by atoms with Gasteiger partial charge in [0.1, 0.15) is 0 Å². The van der Waals surface area contributed by atoms with Crippen LogP contribution in [-0.2, 0) is 9.59 Å². The number of ether oxygens (including phenoxy) is 2. The van der Waals surface area contributed by atoms with E-state index in [1.165, 1.54) is 0 Å². The van der Waals surface area contributed by atoms with E-state index >= 15 is 0 Å². The van der Waals surface area contributed by atoms with Gasteiger partial charge in [-0.15, -0.1) is 0 Å². The maximum absolute atomic E-state index is 13.7. The van der Waals surface area contributed by atoms with Crippen molar-refractivity contribution in [1.82, 2.24) is 14.7 Å². The van der Waals surface area contributed by atoms with Crippen molar-refractivity contribution in [2.45, 2.75) is 71.8 Å². The molecule has 1 amide bonds. The minimum absolute atomic E-state index is 0.0950. The predicted molar refractivity (Wildman–Crippen MR) is 154 cm³/mol. The first-order valence-corrected chi connectivity index (χ1v) is 14.5. The zero-order valence-corrected chi connectivity index (χ0v) is 24.8. The van der Waals surface area contributed by atoms with Gasteiger partial charge in [-0.25, -0.2) is 0 Å². The van der Waals surface area contributed by atoms with E-state index in [-0.39, 0.29) is 36.6 Å². The second-order valence-electron chi connectivity index (χ2n) is 12.0. The first kappa shape index (κ1) is 31.0. The zero-order valence-electron chi connectivity index (χ0n) is 24.8. The van der Waals surface area contributed by atoms with Crippen LogP contribution in [0.3, 0.4) is 0 Å². The Kier molecular flexibility index (Phi) is 11.2. The van der Waals surface area contributed by atoms with Gasteiger partial charge in [-0.3, -0.25) is 14.5 Å². The summed E-state index contributed by atoms with van der Waals surface area (Å²) >= 11 is 0. The third kappa shape index (κ3) is 8.45. The molecule has 1 saturated heterocycles. The fraction of sp³-hybridized carbons (Fsp3) is 0.677. The summed E-state index contributed by atoms with van der Waals surface area (Å²) in [6.45, 7) is 11.8. The highest BCUT2D eigenvalue weighted by Gasteiger charge is 2.48. The number of hydrogen-bond acceptors (Lipinski definition) is 6. The van der Waals surface area contributed by atoms with Crippen LogP contribution in [-0.4, -0.2) is 91.3 Å². The van der Waals surface area contributed by atoms with Crippen molar-refractivity contribution in [2.75, 3.05) is 53.6 Å². The molecule has 3 rings (SSSR count). The van der Waals surface area contributed by atoms with Crippen molar-refractivity contribution in [3.05, 3.63) is 35.9 Å². The first-order valence-electron chi connectivity index (χ1n) is 14.5. The van der Waals surface area contributed by atoms with Crippen LogP contribution in [0.5, 0.6) is 11.5 Å². The smallest absolute Gasteiger partial charge is 0.308 e. The van der Waals surface area contributed by atoms with Gasteiger partial charge in [0.05, 0.1) is 12.5 Å². The van der Waals surface area contributed by atoms with Gasteiger partial charge in [-0.2, -0.15) is 0 Å². The summed E-state index contributed by atoms with van der Waals surface area (Å²) in [5.41, 5.74) is 0.716. The molecule has 2 heterocycles. The average molecular weight is 544 g/mol. The molecule has 39 heavy (non-hydrogen) atoms.